The van der Waals surface area contributed by atoms with Crippen molar-refractivity contribution in [3.8, 4) is 45.0 Å². The van der Waals surface area contributed by atoms with Crippen molar-refractivity contribution in [2.24, 2.45) is 0 Å². The monoisotopic (exact) mass is 981 g/mol. The van der Waals surface area contributed by atoms with Crippen LogP contribution in [0.3, 0.4) is 0 Å². The highest BCUT2D eigenvalue weighted by atomic mass is 19.4. The molecule has 362 valence electrons. The second-order valence-corrected chi connectivity index (χ2v) is 19.2. The Bertz CT molecular complexity index is 3690. The molecule has 0 aliphatic heterocycles. The molecular formula is C65H45F6N3. The van der Waals surface area contributed by atoms with E-state index in [1.807, 2.05) is 140 Å². The van der Waals surface area contributed by atoms with Crippen LogP contribution < -0.4 is 0 Å². The van der Waals surface area contributed by atoms with Crippen LogP contribution in [0, 0.1) is 0 Å². The Balaban J connectivity index is 0.877. The van der Waals surface area contributed by atoms with Crippen molar-refractivity contribution in [1.82, 2.24) is 14.1 Å². The average molecular weight is 982 g/mol. The van der Waals surface area contributed by atoms with Crippen molar-refractivity contribution in [1.29, 1.82) is 0 Å². The molecular weight excluding hydrogens is 937 g/mol. The number of alkyl halides is 6. The molecule has 2 atom stereocenters. The molecule has 3 heterocycles. The molecule has 9 heteroatoms. The fourth-order valence-corrected chi connectivity index (χ4v) is 10.8. The van der Waals surface area contributed by atoms with Crippen LogP contribution in [0.1, 0.15) is 36.1 Å². The van der Waals surface area contributed by atoms with E-state index >= 15 is 26.3 Å². The van der Waals surface area contributed by atoms with E-state index in [0.29, 0.717) is 22.5 Å². The first-order chi connectivity index (χ1) is 35.7. The molecule has 2 unspecified atom stereocenters. The maximum absolute atomic E-state index is 15.5. The lowest BCUT2D eigenvalue weighted by Gasteiger charge is -2.33. The minimum atomic E-state index is -4.66. The number of benzene rings is 9. The summed E-state index contributed by atoms with van der Waals surface area (Å²) in [6, 6.07) is 71.1. The molecule has 0 radical (unpaired) electrons. The minimum Gasteiger partial charge on any atom is -0.309 e. The molecule has 0 aliphatic rings. The average Bonchev–Trinajstić information content (AvgIpc) is 3.95. The maximum atomic E-state index is 15.5. The van der Waals surface area contributed by atoms with Gasteiger partial charge in [0.05, 0.1) is 33.5 Å². The number of nitrogens with zero attached hydrogens (tertiary/aromatic N) is 3. The molecule has 0 N–H and O–H groups in total. The number of para-hydroxylation sites is 4. The van der Waals surface area contributed by atoms with Gasteiger partial charge in [0.2, 0.25) is 0 Å². The number of fused-ring (bicyclic) bond motifs is 6. The molecule has 0 spiro atoms. The maximum Gasteiger partial charge on any atom is 0.402 e. The fraction of sp³-hybridized carbons (Fsp3) is 0.0923. The lowest BCUT2D eigenvalue weighted by Crippen LogP contribution is -2.40. The zero-order valence-corrected chi connectivity index (χ0v) is 40.1. The van der Waals surface area contributed by atoms with E-state index in [4.69, 9.17) is 4.98 Å². The number of halogens is 6. The van der Waals surface area contributed by atoms with E-state index in [-0.39, 0.29) is 22.3 Å². The van der Waals surface area contributed by atoms with Crippen LogP contribution in [0.5, 0.6) is 0 Å². The summed E-state index contributed by atoms with van der Waals surface area (Å²) in [5, 5.41) is 4.22. The van der Waals surface area contributed by atoms with E-state index < -0.39 is 23.2 Å². The van der Waals surface area contributed by atoms with E-state index in [0.717, 1.165) is 66.1 Å². The first kappa shape index (κ1) is 46.4. The second kappa shape index (κ2) is 17.5. The van der Waals surface area contributed by atoms with Gasteiger partial charge in [0.1, 0.15) is 10.8 Å². The van der Waals surface area contributed by atoms with Crippen LogP contribution in [0.25, 0.3) is 88.6 Å². The van der Waals surface area contributed by atoms with Gasteiger partial charge in [-0.25, -0.2) is 4.98 Å². The van der Waals surface area contributed by atoms with Gasteiger partial charge >= 0.3 is 12.4 Å². The van der Waals surface area contributed by atoms with E-state index in [1.165, 1.54) is 38.1 Å². The normalized spacial score (nSPS) is 13.9. The zero-order chi connectivity index (χ0) is 51.0. The van der Waals surface area contributed by atoms with Gasteiger partial charge < -0.3 is 9.13 Å². The Morgan fingerprint density at radius 2 is 0.581 bits per heavy atom. The van der Waals surface area contributed by atoms with Crippen LogP contribution in [0.4, 0.5) is 26.3 Å². The highest BCUT2D eigenvalue weighted by Crippen LogP contribution is 2.49. The van der Waals surface area contributed by atoms with E-state index in [2.05, 4.69) is 9.13 Å². The van der Waals surface area contributed by atoms with Gasteiger partial charge in [-0.1, -0.05) is 176 Å². The lowest BCUT2D eigenvalue weighted by atomic mass is 9.75. The predicted molar refractivity (Wildman–Crippen MR) is 287 cm³/mol. The van der Waals surface area contributed by atoms with Crippen molar-refractivity contribution >= 4 is 43.6 Å². The van der Waals surface area contributed by atoms with Crippen LogP contribution in [0.15, 0.2) is 237 Å². The van der Waals surface area contributed by atoms with Gasteiger partial charge in [0.25, 0.3) is 0 Å². The third-order valence-electron chi connectivity index (χ3n) is 15.1. The van der Waals surface area contributed by atoms with Gasteiger partial charge in [-0.3, -0.25) is 0 Å². The van der Waals surface area contributed by atoms with Crippen molar-refractivity contribution in [3.05, 3.63) is 259 Å². The van der Waals surface area contributed by atoms with E-state index in [9.17, 15) is 0 Å². The molecule has 0 saturated heterocycles. The molecule has 0 bridgehead atoms. The van der Waals surface area contributed by atoms with Crippen LogP contribution in [-0.4, -0.2) is 26.5 Å². The number of pyridine rings is 1. The number of hydrogen-bond donors (Lipinski definition) is 0. The Kier molecular flexibility index (Phi) is 11.0. The largest absolute Gasteiger partial charge is 0.402 e. The Labute approximate surface area is 423 Å². The van der Waals surface area contributed by atoms with Gasteiger partial charge in [-0.15, -0.1) is 0 Å². The molecule has 0 aliphatic carbocycles. The number of rotatable bonds is 9. The Morgan fingerprint density at radius 3 is 0.892 bits per heavy atom. The molecule has 9 aromatic carbocycles. The molecule has 74 heavy (non-hydrogen) atoms. The minimum absolute atomic E-state index is 0.0578. The third-order valence-corrected chi connectivity index (χ3v) is 15.1. The Hall–Kier alpha value is -8.69. The summed E-state index contributed by atoms with van der Waals surface area (Å²) in [6.07, 6.45) is -9.32. The topological polar surface area (TPSA) is 22.8 Å². The van der Waals surface area contributed by atoms with Crippen molar-refractivity contribution in [2.45, 2.75) is 37.0 Å². The standard InChI is InChI=1S/C65H45F6N3/c1-62(64(66,67)68,48-32-36-50(37-33-48)73-58-20-10-6-16-52(58)53-17-7-11-21-59(53)73)46-28-24-43(25-29-46)56-40-45(42-14-4-3-5-15-42)41-57(72-56)44-26-30-47(31-27-44)63(2,65(69,70)71)49-34-38-51(39-35-49)74-60-22-12-8-18-54(60)55-19-9-13-23-61(55)74/h3-41H,1-2H3. The summed E-state index contributed by atoms with van der Waals surface area (Å²) in [4.78, 5) is 5.00. The summed E-state index contributed by atoms with van der Waals surface area (Å²) in [6.45, 7) is 2.42. The number of aromatic nitrogens is 3. The molecule has 0 amide bonds. The van der Waals surface area contributed by atoms with Crippen LogP contribution in [0.2, 0.25) is 0 Å². The van der Waals surface area contributed by atoms with Crippen molar-refractivity contribution < 1.29 is 26.3 Å². The van der Waals surface area contributed by atoms with Gasteiger partial charge in [-0.05, 0) is 108 Å². The summed E-state index contributed by atoms with van der Waals surface area (Å²) >= 11 is 0. The second-order valence-electron chi connectivity index (χ2n) is 19.2. The van der Waals surface area contributed by atoms with Gasteiger partial charge in [0, 0.05) is 44.0 Å². The quantitative estimate of drug-likeness (QED) is 0.132. The van der Waals surface area contributed by atoms with E-state index in [1.54, 1.807) is 72.8 Å². The van der Waals surface area contributed by atoms with Crippen LogP contribution >= 0.6 is 0 Å². The molecule has 12 aromatic rings. The first-order valence-corrected chi connectivity index (χ1v) is 24.3. The fourth-order valence-electron chi connectivity index (χ4n) is 10.8. The predicted octanol–water partition coefficient (Wildman–Crippen LogP) is 18.0. The van der Waals surface area contributed by atoms with Gasteiger partial charge in [-0.2, -0.15) is 26.3 Å². The third kappa shape index (κ3) is 7.48. The molecule has 3 nitrogen and oxygen atoms in total. The van der Waals surface area contributed by atoms with Crippen molar-refractivity contribution in [2.75, 3.05) is 0 Å². The first-order valence-electron chi connectivity index (χ1n) is 24.3. The number of hydrogen-bond acceptors (Lipinski definition) is 1. The Morgan fingerprint density at radius 1 is 0.297 bits per heavy atom. The smallest absolute Gasteiger partial charge is 0.309 e. The van der Waals surface area contributed by atoms with Crippen LogP contribution in [-0.2, 0) is 10.8 Å². The van der Waals surface area contributed by atoms with Gasteiger partial charge in [0.15, 0.2) is 0 Å². The highest BCUT2D eigenvalue weighted by molar-refractivity contribution is 6.10. The zero-order valence-electron chi connectivity index (χ0n) is 40.1. The molecule has 0 saturated carbocycles. The highest BCUT2D eigenvalue weighted by Gasteiger charge is 2.54. The summed E-state index contributed by atoms with van der Waals surface area (Å²) < 4.78 is 97.2. The SMILES string of the molecule is CC(c1ccc(-c2cc(-c3ccccc3)cc(-c3ccc(C(C)(c4ccc(-n5c6ccccc6c6ccccc65)cc4)C(F)(F)F)cc3)n2)cc1)(c1ccc(-n2c3ccccc3c3ccccc32)cc1)C(F)(F)F. The summed E-state index contributed by atoms with van der Waals surface area (Å²) in [7, 11) is 0. The molecule has 3 aromatic heterocycles. The molecule has 12 rings (SSSR count). The molecule has 0 fully saturated rings. The summed E-state index contributed by atoms with van der Waals surface area (Å²) in [5.74, 6) is 0. The lowest BCUT2D eigenvalue weighted by molar-refractivity contribution is -0.173. The summed E-state index contributed by atoms with van der Waals surface area (Å²) in [5.41, 5.74) is 4.68. The van der Waals surface area contributed by atoms with Crippen molar-refractivity contribution in [3.63, 3.8) is 0 Å².